The molecule has 2 atom stereocenters. The average molecular weight is 324 g/mol. The predicted molar refractivity (Wildman–Crippen MR) is 92.3 cm³/mol. The molecule has 23 heavy (non-hydrogen) atoms. The molecule has 2 unspecified atom stereocenters. The lowest BCUT2D eigenvalue weighted by Crippen LogP contribution is -2.11. The van der Waals surface area contributed by atoms with Crippen molar-refractivity contribution >= 4 is 0 Å². The van der Waals surface area contributed by atoms with E-state index in [1.165, 1.54) is 0 Å². The van der Waals surface area contributed by atoms with Gasteiger partial charge in [0.05, 0.1) is 12.7 Å². The molecule has 0 aliphatic heterocycles. The summed E-state index contributed by atoms with van der Waals surface area (Å²) in [4.78, 5) is 0. The molecule has 1 rings (SSSR count). The van der Waals surface area contributed by atoms with Gasteiger partial charge in [-0.25, -0.2) is 0 Å². The molecule has 0 aliphatic rings. The molecule has 4 heteroatoms. The lowest BCUT2D eigenvalue weighted by Gasteiger charge is -2.15. The van der Waals surface area contributed by atoms with E-state index in [4.69, 9.17) is 5.11 Å². The summed E-state index contributed by atoms with van der Waals surface area (Å²) in [5.74, 6) is 0.477. The molecule has 1 aromatic rings. The summed E-state index contributed by atoms with van der Waals surface area (Å²) < 4.78 is 0. The molecule has 0 saturated heterocycles. The maximum atomic E-state index is 10.1. The Balaban J connectivity index is 2.27. The first-order valence-electron chi connectivity index (χ1n) is 8.81. The number of aryl methyl sites for hydroxylation is 1. The van der Waals surface area contributed by atoms with Gasteiger partial charge in [-0.15, -0.1) is 0 Å². The second-order valence-corrected chi connectivity index (χ2v) is 6.44. The number of aliphatic hydroxyl groups excluding tert-OH is 3. The second kappa shape index (κ2) is 11.4. The minimum absolute atomic E-state index is 0.110. The number of hydrogen-bond acceptors (Lipinski definition) is 4. The molecule has 132 valence electrons. The zero-order valence-corrected chi connectivity index (χ0v) is 14.2. The Morgan fingerprint density at radius 3 is 2.39 bits per heavy atom. The van der Waals surface area contributed by atoms with Gasteiger partial charge in [0.15, 0.2) is 0 Å². The fourth-order valence-electron chi connectivity index (χ4n) is 2.86. The first kappa shape index (κ1) is 19.9. The zero-order valence-electron chi connectivity index (χ0n) is 14.2. The van der Waals surface area contributed by atoms with Crippen LogP contribution in [0.2, 0.25) is 0 Å². The SMILES string of the molecule is CCCCC(CO)CCCC(O)CCc1ccc(O)c(CO)c1. The van der Waals surface area contributed by atoms with Crippen molar-refractivity contribution in [3.8, 4) is 5.75 Å². The quantitative estimate of drug-likeness (QED) is 0.476. The number of aliphatic hydroxyl groups is 3. The number of rotatable bonds is 12. The van der Waals surface area contributed by atoms with Crippen molar-refractivity contribution < 1.29 is 20.4 Å². The van der Waals surface area contributed by atoms with Crippen LogP contribution in [0.4, 0.5) is 0 Å². The summed E-state index contributed by atoms with van der Waals surface area (Å²) in [5, 5.41) is 38.1. The van der Waals surface area contributed by atoms with E-state index < -0.39 is 0 Å². The van der Waals surface area contributed by atoms with E-state index in [2.05, 4.69) is 6.92 Å². The Labute approximate surface area is 139 Å². The second-order valence-electron chi connectivity index (χ2n) is 6.44. The molecule has 0 saturated carbocycles. The van der Waals surface area contributed by atoms with Gasteiger partial charge in [0.2, 0.25) is 0 Å². The Hall–Kier alpha value is -1.10. The third kappa shape index (κ3) is 7.82. The van der Waals surface area contributed by atoms with Gasteiger partial charge in [-0.1, -0.05) is 32.3 Å². The van der Waals surface area contributed by atoms with Gasteiger partial charge in [-0.3, -0.25) is 0 Å². The monoisotopic (exact) mass is 324 g/mol. The van der Waals surface area contributed by atoms with E-state index in [1.807, 2.05) is 6.07 Å². The largest absolute Gasteiger partial charge is 0.508 e. The van der Waals surface area contributed by atoms with Crippen LogP contribution in [0.15, 0.2) is 18.2 Å². The lowest BCUT2D eigenvalue weighted by atomic mass is 9.94. The van der Waals surface area contributed by atoms with Crippen molar-refractivity contribution in [1.29, 1.82) is 0 Å². The molecule has 0 radical (unpaired) electrons. The minimum Gasteiger partial charge on any atom is -0.508 e. The van der Waals surface area contributed by atoms with Gasteiger partial charge < -0.3 is 20.4 Å². The summed E-state index contributed by atoms with van der Waals surface area (Å²) in [6.07, 6.45) is 7.11. The minimum atomic E-state index is -0.341. The van der Waals surface area contributed by atoms with E-state index in [0.717, 1.165) is 50.5 Å². The van der Waals surface area contributed by atoms with E-state index in [-0.39, 0.29) is 25.1 Å². The Bertz CT molecular complexity index is 433. The van der Waals surface area contributed by atoms with Crippen molar-refractivity contribution in [2.24, 2.45) is 5.92 Å². The highest BCUT2D eigenvalue weighted by Gasteiger charge is 2.10. The van der Waals surface area contributed by atoms with Gasteiger partial charge in [0, 0.05) is 12.2 Å². The molecule has 0 spiro atoms. The highest BCUT2D eigenvalue weighted by atomic mass is 16.3. The molecule has 0 aliphatic carbocycles. The van der Waals surface area contributed by atoms with Gasteiger partial charge in [-0.05, 0) is 55.7 Å². The van der Waals surface area contributed by atoms with E-state index in [1.54, 1.807) is 12.1 Å². The summed E-state index contributed by atoms with van der Waals surface area (Å²) >= 11 is 0. The third-order valence-corrected chi connectivity index (χ3v) is 4.45. The van der Waals surface area contributed by atoms with Crippen molar-refractivity contribution in [1.82, 2.24) is 0 Å². The van der Waals surface area contributed by atoms with E-state index in [0.29, 0.717) is 17.9 Å². The van der Waals surface area contributed by atoms with Gasteiger partial charge in [-0.2, -0.15) is 0 Å². The Morgan fingerprint density at radius 1 is 1.00 bits per heavy atom. The molecule has 1 aromatic carbocycles. The predicted octanol–water partition coefficient (Wildman–Crippen LogP) is 3.15. The summed E-state index contributed by atoms with van der Waals surface area (Å²) in [7, 11) is 0. The molecular formula is C19H32O4. The molecule has 0 aromatic heterocycles. The van der Waals surface area contributed by atoms with Crippen LogP contribution in [-0.2, 0) is 13.0 Å². The third-order valence-electron chi connectivity index (χ3n) is 4.45. The van der Waals surface area contributed by atoms with Gasteiger partial charge in [0.1, 0.15) is 5.75 Å². The van der Waals surface area contributed by atoms with Crippen LogP contribution < -0.4 is 0 Å². The van der Waals surface area contributed by atoms with Crippen LogP contribution in [0.25, 0.3) is 0 Å². The fourth-order valence-corrected chi connectivity index (χ4v) is 2.86. The van der Waals surface area contributed by atoms with Crippen LogP contribution in [0.5, 0.6) is 5.75 Å². The molecular weight excluding hydrogens is 292 g/mol. The first-order valence-corrected chi connectivity index (χ1v) is 8.81. The van der Waals surface area contributed by atoms with Gasteiger partial charge in [0.25, 0.3) is 0 Å². The average Bonchev–Trinajstić information content (AvgIpc) is 2.57. The number of aromatic hydroxyl groups is 1. The van der Waals surface area contributed by atoms with Gasteiger partial charge >= 0.3 is 0 Å². The maximum Gasteiger partial charge on any atom is 0.121 e. The van der Waals surface area contributed by atoms with Crippen LogP contribution in [0, 0.1) is 5.92 Å². The van der Waals surface area contributed by atoms with Crippen molar-refractivity contribution in [3.63, 3.8) is 0 Å². The first-order chi connectivity index (χ1) is 11.1. The smallest absolute Gasteiger partial charge is 0.121 e. The van der Waals surface area contributed by atoms with Crippen LogP contribution in [0.1, 0.15) is 63.0 Å². The lowest BCUT2D eigenvalue weighted by molar-refractivity contribution is 0.143. The van der Waals surface area contributed by atoms with Crippen LogP contribution in [-0.4, -0.2) is 33.1 Å². The molecule has 0 bridgehead atoms. The van der Waals surface area contributed by atoms with Crippen molar-refractivity contribution in [2.45, 2.75) is 71.0 Å². The van der Waals surface area contributed by atoms with E-state index >= 15 is 0 Å². The fraction of sp³-hybridized carbons (Fsp3) is 0.684. The molecule has 0 heterocycles. The van der Waals surface area contributed by atoms with E-state index in [9.17, 15) is 15.3 Å². The molecule has 0 amide bonds. The topological polar surface area (TPSA) is 80.9 Å². The number of phenols is 1. The summed E-state index contributed by atoms with van der Waals surface area (Å²) in [6.45, 7) is 2.22. The summed E-state index contributed by atoms with van der Waals surface area (Å²) in [6, 6.07) is 5.20. The number of benzene rings is 1. The number of hydrogen-bond donors (Lipinski definition) is 4. The summed E-state index contributed by atoms with van der Waals surface area (Å²) in [5.41, 5.74) is 1.54. The molecule has 0 fully saturated rings. The number of unbranched alkanes of at least 4 members (excludes halogenated alkanes) is 1. The highest BCUT2D eigenvalue weighted by Crippen LogP contribution is 2.21. The standard InChI is InChI=1S/C19H32O4/c1-2-3-5-16(13-20)6-4-7-18(22)10-8-15-9-11-19(23)17(12-15)14-21/h9,11-12,16,18,20-23H,2-8,10,13-14H2,1H3. The normalized spacial score (nSPS) is 13.9. The zero-order chi connectivity index (χ0) is 17.1. The van der Waals surface area contributed by atoms with Crippen molar-refractivity contribution in [3.05, 3.63) is 29.3 Å². The molecule has 4 nitrogen and oxygen atoms in total. The van der Waals surface area contributed by atoms with Crippen LogP contribution >= 0.6 is 0 Å². The maximum absolute atomic E-state index is 10.1. The Kier molecular flexibility index (Phi) is 9.92. The molecule has 4 N–H and O–H groups in total. The van der Waals surface area contributed by atoms with Crippen LogP contribution in [0.3, 0.4) is 0 Å². The highest BCUT2D eigenvalue weighted by molar-refractivity contribution is 5.35. The van der Waals surface area contributed by atoms with Crippen molar-refractivity contribution in [2.75, 3.05) is 6.61 Å². The Morgan fingerprint density at radius 2 is 1.74 bits per heavy atom.